The molecular weight excluding hydrogens is 943 g/mol. The smallest absolute Gasteiger partial charge is 0.184 e. The summed E-state index contributed by atoms with van der Waals surface area (Å²) >= 11 is 0. The molecule has 0 fully saturated rings. The molecule has 1 radical (unpaired) electrons. The van der Waals surface area contributed by atoms with Gasteiger partial charge in [-0.1, -0.05) is 66.3 Å². The van der Waals surface area contributed by atoms with Crippen LogP contribution in [0, 0.1) is 102 Å². The van der Waals surface area contributed by atoms with Gasteiger partial charge in [-0.3, -0.25) is 0 Å². The summed E-state index contributed by atoms with van der Waals surface area (Å²) in [6.45, 7) is 5.13. The van der Waals surface area contributed by atoms with E-state index in [-0.39, 0.29) is 26.7 Å². The van der Waals surface area contributed by atoms with Gasteiger partial charge in [0.15, 0.2) is 23.0 Å². The maximum absolute atomic E-state index is 6.31. The molecule has 5 aromatic carbocycles. The maximum atomic E-state index is 6.31. The Bertz CT molecular complexity index is 3280. The summed E-state index contributed by atoms with van der Waals surface area (Å²) in [7, 11) is 0. The molecule has 6 heteroatoms. The average molecular weight is 973 g/mol. The number of ether oxygens (including phenoxy) is 4. The first kappa shape index (κ1) is 41.7. The monoisotopic (exact) mass is 973 g/mol. The molecule has 5 nitrogen and oxygen atoms in total. The zero-order valence-corrected chi connectivity index (χ0v) is 36.0. The zero-order chi connectivity index (χ0) is 42.0. The molecule has 1 spiro atoms. The van der Waals surface area contributed by atoms with Gasteiger partial charge in [0.05, 0.1) is 5.41 Å². The maximum Gasteiger partial charge on any atom is 0.184 e. The molecule has 1 heterocycles. The van der Waals surface area contributed by atoms with Crippen molar-refractivity contribution in [1.29, 1.82) is 0 Å². The topological polar surface area (TPSA) is 49.8 Å². The Morgan fingerprint density at radius 1 is 0.565 bits per heavy atom. The van der Waals surface area contributed by atoms with Crippen molar-refractivity contribution >= 4 is 0 Å². The van der Waals surface area contributed by atoms with Crippen molar-refractivity contribution in [3.8, 4) is 163 Å². The molecule has 0 saturated heterocycles. The summed E-state index contributed by atoms with van der Waals surface area (Å²) < 4.78 is 24.5. The molecule has 293 valence electrons. The predicted molar refractivity (Wildman–Crippen MR) is 238 cm³/mol. The number of hydrogen-bond acceptors (Lipinski definition) is 5. The van der Waals surface area contributed by atoms with Crippen LogP contribution in [0.15, 0.2) is 109 Å². The second-order valence-corrected chi connectivity index (χ2v) is 13.3. The number of pyridine rings is 1. The van der Waals surface area contributed by atoms with Gasteiger partial charge in [-0.2, -0.15) is 0 Å². The van der Waals surface area contributed by atoms with Crippen molar-refractivity contribution in [3.05, 3.63) is 138 Å². The van der Waals surface area contributed by atoms with E-state index in [9.17, 15) is 0 Å². The van der Waals surface area contributed by atoms with Gasteiger partial charge < -0.3 is 23.9 Å². The van der Waals surface area contributed by atoms with E-state index < -0.39 is 5.41 Å². The first-order chi connectivity index (χ1) is 30.1. The fourth-order valence-electron chi connectivity index (χ4n) is 7.75. The molecular formula is C56H30IrNO4-. The van der Waals surface area contributed by atoms with Crippen LogP contribution in [0.1, 0.15) is 43.0 Å². The van der Waals surface area contributed by atoms with Crippen molar-refractivity contribution in [3.63, 3.8) is 0 Å². The molecule has 2 aliphatic rings. The van der Waals surface area contributed by atoms with Gasteiger partial charge in [0.25, 0.3) is 0 Å². The second kappa shape index (κ2) is 19.1. The molecule has 2 aliphatic carbocycles. The van der Waals surface area contributed by atoms with E-state index in [2.05, 4.69) is 155 Å². The summed E-state index contributed by atoms with van der Waals surface area (Å²) in [4.78, 5) is 4.57. The average Bonchev–Trinajstić information content (AvgIpc) is 3.75. The SMILES string of the molecule is C#CC#CCOc1cc2c(cc1OC#CC#CC)-c1cc(OC#CC#CC)c(OC#CC#CC)cc1C21c2ccccc2-c2cc(-c3cc[c-]c(-c4ccccn4)c3)ccc21.[Ir]. The molecule has 8 rings (SSSR count). The van der Waals surface area contributed by atoms with E-state index in [1.807, 2.05) is 48.5 Å². The van der Waals surface area contributed by atoms with E-state index in [1.165, 1.54) is 0 Å². The summed E-state index contributed by atoms with van der Waals surface area (Å²) in [5, 5.41) is 0. The molecule has 1 atom stereocenters. The third-order valence-electron chi connectivity index (χ3n) is 10.0. The zero-order valence-electron chi connectivity index (χ0n) is 33.6. The summed E-state index contributed by atoms with van der Waals surface area (Å²) in [6.07, 6.45) is 15.3. The van der Waals surface area contributed by atoms with Crippen LogP contribution in [0.5, 0.6) is 23.0 Å². The molecule has 62 heavy (non-hydrogen) atoms. The third-order valence-corrected chi connectivity index (χ3v) is 10.0. The number of fused-ring (bicyclic) bond motifs is 10. The summed E-state index contributed by atoms with van der Waals surface area (Å²) in [5.74, 6) is 34.0. The van der Waals surface area contributed by atoms with Gasteiger partial charge in [0.2, 0.25) is 0 Å². The minimum absolute atomic E-state index is 0. The Labute approximate surface area is 376 Å². The van der Waals surface area contributed by atoms with Crippen molar-refractivity contribution in [2.75, 3.05) is 6.61 Å². The number of terminal acetylenes is 1. The Morgan fingerprint density at radius 3 is 1.79 bits per heavy atom. The fourth-order valence-corrected chi connectivity index (χ4v) is 7.75. The molecule has 0 aliphatic heterocycles. The summed E-state index contributed by atoms with van der Waals surface area (Å²) in [6, 6.07) is 38.2. The van der Waals surface area contributed by atoms with Crippen molar-refractivity contribution in [1.82, 2.24) is 4.98 Å². The van der Waals surface area contributed by atoms with Crippen LogP contribution in [0.2, 0.25) is 0 Å². The Balaban J connectivity index is 0.00000578. The molecule has 0 bridgehead atoms. The number of aromatic nitrogens is 1. The number of hydrogen-bond donors (Lipinski definition) is 0. The Hall–Kier alpha value is -8.42. The molecule has 0 saturated carbocycles. The second-order valence-electron chi connectivity index (χ2n) is 13.3. The van der Waals surface area contributed by atoms with E-state index in [4.69, 9.17) is 25.4 Å². The number of rotatable bonds is 7. The van der Waals surface area contributed by atoms with Crippen LogP contribution < -0.4 is 18.9 Å². The fraction of sp³-hybridized carbons (Fsp3) is 0.0893. The Kier molecular flexibility index (Phi) is 12.9. The Morgan fingerprint density at radius 2 is 1.15 bits per heavy atom. The van der Waals surface area contributed by atoms with Crippen LogP contribution in [-0.2, 0) is 25.5 Å². The van der Waals surface area contributed by atoms with Gasteiger partial charge in [0, 0.05) is 44.1 Å². The largest absolute Gasteiger partial charge is 0.477 e. The van der Waals surface area contributed by atoms with Crippen molar-refractivity contribution < 1.29 is 39.1 Å². The van der Waals surface area contributed by atoms with Crippen LogP contribution in [-0.4, -0.2) is 11.6 Å². The molecule has 0 amide bonds. The molecule has 1 aromatic heterocycles. The van der Waals surface area contributed by atoms with Crippen molar-refractivity contribution in [2.45, 2.75) is 26.2 Å². The summed E-state index contributed by atoms with van der Waals surface area (Å²) in [5.41, 5.74) is 10.7. The number of nitrogens with zero attached hydrogens (tertiary/aromatic N) is 1. The van der Waals surface area contributed by atoms with Gasteiger partial charge in [0.1, 0.15) is 24.9 Å². The third kappa shape index (κ3) is 7.86. The predicted octanol–water partition coefficient (Wildman–Crippen LogP) is 9.66. The van der Waals surface area contributed by atoms with Crippen LogP contribution in [0.25, 0.3) is 44.6 Å². The van der Waals surface area contributed by atoms with Gasteiger partial charge in [-0.15, -0.1) is 41.8 Å². The van der Waals surface area contributed by atoms with Crippen LogP contribution in [0.4, 0.5) is 0 Å². The van der Waals surface area contributed by atoms with Gasteiger partial charge >= 0.3 is 0 Å². The number of benzene rings is 5. The van der Waals surface area contributed by atoms with Crippen molar-refractivity contribution in [2.24, 2.45) is 0 Å². The normalized spacial score (nSPS) is 12.2. The van der Waals surface area contributed by atoms with Gasteiger partial charge in [-0.05, 0) is 148 Å². The minimum atomic E-state index is -0.883. The van der Waals surface area contributed by atoms with E-state index >= 15 is 0 Å². The minimum Gasteiger partial charge on any atom is -0.477 e. The first-order valence-corrected chi connectivity index (χ1v) is 19.0. The molecule has 1 unspecified atom stereocenters. The van der Waals surface area contributed by atoms with E-state index in [0.29, 0.717) is 23.0 Å². The molecule has 6 aromatic rings. The van der Waals surface area contributed by atoms with Gasteiger partial charge in [-0.25, -0.2) is 0 Å². The standard InChI is InChI=1S/C56H30NO4.Ir/c1-5-9-17-30-58-52-36-45-46-37-53(59-31-18-10-6-2)55(61-33-20-12-8-4)39-50(46)56(49(45)38-54(52)60-32-19-11-7-3)47-25-14-13-24-43(47)44-35-41(27-28-48(44)56)40-22-21-23-42(34-40)51-26-15-16-29-57-51;/h3,13-16,21-22,24-29,34-39H,32H2,1-2,4H3;/q-1;. The molecule has 0 N–H and O–H groups in total. The van der Waals surface area contributed by atoms with E-state index in [1.54, 1.807) is 27.0 Å². The van der Waals surface area contributed by atoms with E-state index in [0.717, 1.165) is 66.9 Å². The van der Waals surface area contributed by atoms with Crippen LogP contribution >= 0.6 is 0 Å². The first-order valence-electron chi connectivity index (χ1n) is 19.0. The van der Waals surface area contributed by atoms with Crippen LogP contribution in [0.3, 0.4) is 0 Å². The quantitative estimate of drug-likeness (QED) is 0.118.